The normalized spacial score (nSPS) is 25.2. The first-order valence-electron chi connectivity index (χ1n) is 12.1. The third kappa shape index (κ3) is 5.17. The Labute approximate surface area is 191 Å². The molecule has 0 radical (unpaired) electrons. The van der Waals surface area contributed by atoms with E-state index in [0.717, 1.165) is 50.5 Å². The van der Waals surface area contributed by atoms with Gasteiger partial charge >= 0.3 is 0 Å². The molecule has 176 valence electrons. The topological polar surface area (TPSA) is 86.8 Å². The number of hydrogen-bond donors (Lipinski definition) is 1. The van der Waals surface area contributed by atoms with Crippen molar-refractivity contribution in [1.29, 1.82) is 0 Å². The molecule has 8 heteroatoms. The monoisotopic (exact) mass is 461 g/mol. The second kappa shape index (κ2) is 9.91. The third-order valence-corrected chi connectivity index (χ3v) is 9.01. The van der Waals surface area contributed by atoms with Crippen LogP contribution >= 0.6 is 0 Å². The number of carbonyl (C=O) groups excluding carboxylic acids is 2. The number of fused-ring (bicyclic) bond motifs is 1. The molecular weight excluding hydrogens is 426 g/mol. The fourth-order valence-electron chi connectivity index (χ4n) is 5.13. The second-order valence-electron chi connectivity index (χ2n) is 9.61. The standard InChI is InChI=1S/C24H35N3O4S/c1-18-8-10-20(11-9-18)25-23(28)17-27-22-13-12-21(16-19(22)6-5-7-24(27)29)32(30,31)26-14-3-2-4-15-26/h12-13,16,18,20H,2-11,14-15,17H2,1H3,(H,25,28). The summed E-state index contributed by atoms with van der Waals surface area (Å²) in [7, 11) is -3.53. The molecule has 0 aromatic heterocycles. The average molecular weight is 462 g/mol. The minimum atomic E-state index is -3.53. The minimum absolute atomic E-state index is 0.0177. The van der Waals surface area contributed by atoms with E-state index in [0.29, 0.717) is 44.0 Å². The molecule has 2 heterocycles. The van der Waals surface area contributed by atoms with Gasteiger partial charge in [-0.15, -0.1) is 0 Å². The zero-order valence-electron chi connectivity index (χ0n) is 19.0. The van der Waals surface area contributed by atoms with E-state index >= 15 is 0 Å². The number of aryl methyl sites for hydroxylation is 1. The van der Waals surface area contributed by atoms with Crippen molar-refractivity contribution in [1.82, 2.24) is 9.62 Å². The van der Waals surface area contributed by atoms with Gasteiger partial charge in [0.15, 0.2) is 0 Å². The predicted molar refractivity (Wildman–Crippen MR) is 124 cm³/mol. The number of carbonyl (C=O) groups is 2. The minimum Gasteiger partial charge on any atom is -0.352 e. The molecule has 1 N–H and O–H groups in total. The summed E-state index contributed by atoms with van der Waals surface area (Å²) < 4.78 is 27.8. The Morgan fingerprint density at radius 1 is 1.03 bits per heavy atom. The number of benzene rings is 1. The van der Waals surface area contributed by atoms with Crippen LogP contribution in [0.4, 0.5) is 5.69 Å². The van der Waals surface area contributed by atoms with Crippen LogP contribution in [0.2, 0.25) is 0 Å². The lowest BCUT2D eigenvalue weighted by Gasteiger charge is -2.29. The highest BCUT2D eigenvalue weighted by Gasteiger charge is 2.30. The summed E-state index contributed by atoms with van der Waals surface area (Å²) in [5.41, 5.74) is 1.49. The number of amides is 2. The highest BCUT2D eigenvalue weighted by Crippen LogP contribution is 2.31. The van der Waals surface area contributed by atoms with Gasteiger partial charge < -0.3 is 10.2 Å². The number of hydrogen-bond acceptors (Lipinski definition) is 4. The maximum absolute atomic E-state index is 13.1. The molecule has 1 saturated heterocycles. The maximum Gasteiger partial charge on any atom is 0.243 e. The molecule has 2 amide bonds. The van der Waals surface area contributed by atoms with E-state index < -0.39 is 10.0 Å². The van der Waals surface area contributed by atoms with Crippen LogP contribution in [-0.2, 0) is 26.0 Å². The summed E-state index contributed by atoms with van der Waals surface area (Å²) >= 11 is 0. The van der Waals surface area contributed by atoms with Crippen LogP contribution in [0, 0.1) is 5.92 Å². The molecule has 7 nitrogen and oxygen atoms in total. The van der Waals surface area contributed by atoms with Gasteiger partial charge in [0, 0.05) is 31.2 Å². The Bertz CT molecular complexity index is 948. The fraction of sp³-hybridized carbons (Fsp3) is 0.667. The molecule has 1 saturated carbocycles. The lowest BCUT2D eigenvalue weighted by atomic mass is 9.87. The molecular formula is C24H35N3O4S. The Hall–Kier alpha value is -1.93. The van der Waals surface area contributed by atoms with Crippen molar-refractivity contribution in [3.05, 3.63) is 23.8 Å². The summed E-state index contributed by atoms with van der Waals surface area (Å²) in [6.07, 6.45) is 8.68. The quantitative estimate of drug-likeness (QED) is 0.729. The molecule has 0 unspecified atom stereocenters. The van der Waals surface area contributed by atoms with Crippen LogP contribution in [0.1, 0.15) is 70.3 Å². The van der Waals surface area contributed by atoms with Crippen molar-refractivity contribution >= 4 is 27.5 Å². The van der Waals surface area contributed by atoms with Crippen LogP contribution in [0.5, 0.6) is 0 Å². The van der Waals surface area contributed by atoms with E-state index in [1.165, 1.54) is 0 Å². The van der Waals surface area contributed by atoms with Crippen LogP contribution in [-0.4, -0.2) is 50.2 Å². The van der Waals surface area contributed by atoms with Gasteiger partial charge in [0.05, 0.1) is 4.90 Å². The Kier molecular flexibility index (Phi) is 7.20. The first-order valence-corrected chi connectivity index (χ1v) is 13.5. The van der Waals surface area contributed by atoms with Gasteiger partial charge in [-0.3, -0.25) is 9.59 Å². The van der Waals surface area contributed by atoms with Gasteiger partial charge in [0.2, 0.25) is 21.8 Å². The number of nitrogens with one attached hydrogen (secondary N) is 1. The Balaban J connectivity index is 1.51. The first-order chi connectivity index (χ1) is 15.3. The number of sulfonamides is 1. The van der Waals surface area contributed by atoms with Gasteiger partial charge in [-0.05, 0) is 81.0 Å². The van der Waals surface area contributed by atoms with Gasteiger partial charge in [0.1, 0.15) is 6.54 Å². The molecule has 3 aliphatic rings. The summed E-state index contributed by atoms with van der Waals surface area (Å²) in [5, 5.41) is 3.10. The molecule has 1 aromatic rings. The van der Waals surface area contributed by atoms with Crippen molar-refractivity contribution < 1.29 is 18.0 Å². The predicted octanol–water partition coefficient (Wildman–Crippen LogP) is 3.23. The van der Waals surface area contributed by atoms with Crippen LogP contribution < -0.4 is 10.2 Å². The van der Waals surface area contributed by atoms with Crippen molar-refractivity contribution in [3.8, 4) is 0 Å². The Morgan fingerprint density at radius 2 is 1.75 bits per heavy atom. The summed E-state index contributed by atoms with van der Waals surface area (Å²) in [5.74, 6) is 0.483. The Morgan fingerprint density at radius 3 is 2.47 bits per heavy atom. The summed E-state index contributed by atoms with van der Waals surface area (Å²) in [6.45, 7) is 3.34. The number of nitrogens with zero attached hydrogens (tertiary/aromatic N) is 2. The lowest BCUT2D eigenvalue weighted by Crippen LogP contribution is -2.45. The van der Waals surface area contributed by atoms with Crippen molar-refractivity contribution in [3.63, 3.8) is 0 Å². The second-order valence-corrected chi connectivity index (χ2v) is 11.6. The number of rotatable bonds is 5. The fourth-order valence-corrected chi connectivity index (χ4v) is 6.70. The highest BCUT2D eigenvalue weighted by molar-refractivity contribution is 7.89. The summed E-state index contributed by atoms with van der Waals surface area (Å²) in [4.78, 5) is 27.4. The van der Waals surface area contributed by atoms with E-state index in [2.05, 4.69) is 12.2 Å². The van der Waals surface area contributed by atoms with Gasteiger partial charge in [-0.2, -0.15) is 4.31 Å². The van der Waals surface area contributed by atoms with Crippen LogP contribution in [0.25, 0.3) is 0 Å². The number of anilines is 1. The van der Waals surface area contributed by atoms with Gasteiger partial charge in [0.25, 0.3) is 0 Å². The van der Waals surface area contributed by atoms with Crippen LogP contribution in [0.3, 0.4) is 0 Å². The smallest absolute Gasteiger partial charge is 0.243 e. The first kappa shape index (κ1) is 23.2. The van der Waals surface area contributed by atoms with E-state index in [1.54, 1.807) is 27.4 Å². The molecule has 2 aliphatic heterocycles. The maximum atomic E-state index is 13.1. The molecule has 2 fully saturated rings. The van der Waals surface area contributed by atoms with E-state index in [4.69, 9.17) is 0 Å². The molecule has 1 aromatic carbocycles. The highest BCUT2D eigenvalue weighted by atomic mass is 32.2. The van der Waals surface area contributed by atoms with Crippen molar-refractivity contribution in [2.24, 2.45) is 5.92 Å². The van der Waals surface area contributed by atoms with Crippen molar-refractivity contribution in [2.45, 2.75) is 82.1 Å². The van der Waals surface area contributed by atoms with Crippen molar-refractivity contribution in [2.75, 3.05) is 24.5 Å². The van der Waals surface area contributed by atoms with E-state index in [-0.39, 0.29) is 29.3 Å². The molecule has 0 spiro atoms. The SMILES string of the molecule is CC1CCC(NC(=O)CN2C(=O)CCCc3cc(S(=O)(=O)N4CCCCC4)ccc32)CC1. The zero-order valence-corrected chi connectivity index (χ0v) is 19.8. The molecule has 1 aliphatic carbocycles. The zero-order chi connectivity index (χ0) is 22.7. The van der Waals surface area contributed by atoms with Gasteiger partial charge in [-0.25, -0.2) is 8.42 Å². The van der Waals surface area contributed by atoms with Crippen LogP contribution in [0.15, 0.2) is 23.1 Å². The van der Waals surface area contributed by atoms with E-state index in [1.807, 2.05) is 0 Å². The third-order valence-electron chi connectivity index (χ3n) is 7.12. The molecule has 4 rings (SSSR count). The number of piperidine rings is 1. The van der Waals surface area contributed by atoms with Gasteiger partial charge in [-0.1, -0.05) is 13.3 Å². The average Bonchev–Trinajstić information content (AvgIpc) is 2.94. The largest absolute Gasteiger partial charge is 0.352 e. The molecule has 32 heavy (non-hydrogen) atoms. The lowest BCUT2D eigenvalue weighted by molar-refractivity contribution is -0.124. The van der Waals surface area contributed by atoms with E-state index in [9.17, 15) is 18.0 Å². The summed E-state index contributed by atoms with van der Waals surface area (Å²) in [6, 6.07) is 5.20. The molecule has 0 bridgehead atoms. The molecule has 0 atom stereocenters.